The monoisotopic (exact) mass is 215 g/mol. The van der Waals surface area contributed by atoms with E-state index in [0.717, 1.165) is 0 Å². The average Bonchev–Trinajstić information content (AvgIpc) is 2.02. The Balaban J connectivity index is 3.25. The van der Waals surface area contributed by atoms with Crippen LogP contribution in [0.1, 0.15) is 12.5 Å². The third-order valence-electron chi connectivity index (χ3n) is 1.64. The van der Waals surface area contributed by atoms with Gasteiger partial charge in [-0.2, -0.15) is 5.26 Å². The van der Waals surface area contributed by atoms with Gasteiger partial charge in [0.05, 0.1) is 0 Å². The molecule has 2 nitrogen and oxygen atoms in total. The zero-order chi connectivity index (χ0) is 10.1. The van der Waals surface area contributed by atoms with Crippen LogP contribution in [0.4, 0.5) is 0 Å². The van der Waals surface area contributed by atoms with E-state index in [9.17, 15) is 5.11 Å². The molecule has 0 saturated heterocycles. The summed E-state index contributed by atoms with van der Waals surface area (Å²) in [4.78, 5) is 0. The summed E-state index contributed by atoms with van der Waals surface area (Å²) >= 11 is 11.4. The molecule has 1 rings (SSSR count). The molecule has 0 amide bonds. The van der Waals surface area contributed by atoms with Crippen LogP contribution in [0.3, 0.4) is 0 Å². The van der Waals surface area contributed by atoms with Gasteiger partial charge in [0.15, 0.2) is 5.60 Å². The first-order chi connectivity index (χ1) is 5.95. The Bertz CT molecular complexity index is 348. The normalized spacial score (nSPS) is 14.7. The fraction of sp³-hybridized carbons (Fsp3) is 0.222. The molecule has 0 spiro atoms. The molecule has 0 aromatic heterocycles. The first-order valence-corrected chi connectivity index (χ1v) is 4.31. The third-order valence-corrected chi connectivity index (χ3v) is 2.08. The van der Waals surface area contributed by atoms with Crippen molar-refractivity contribution in [3.8, 4) is 6.07 Å². The van der Waals surface area contributed by atoms with Gasteiger partial charge in [0.1, 0.15) is 6.07 Å². The predicted molar refractivity (Wildman–Crippen MR) is 51.6 cm³/mol. The molecule has 0 saturated carbocycles. The van der Waals surface area contributed by atoms with Gasteiger partial charge in [-0.15, -0.1) is 0 Å². The maximum atomic E-state index is 9.57. The fourth-order valence-corrected chi connectivity index (χ4v) is 1.43. The number of nitriles is 1. The van der Waals surface area contributed by atoms with Gasteiger partial charge in [-0.1, -0.05) is 23.2 Å². The standard InChI is InChI=1S/C9H7Cl2NO/c1-9(13,5-12)6-2-7(10)4-8(11)3-6/h2-4,13H,1H3. The number of hydrogen-bond donors (Lipinski definition) is 1. The quantitative estimate of drug-likeness (QED) is 0.733. The smallest absolute Gasteiger partial charge is 0.173 e. The first-order valence-electron chi connectivity index (χ1n) is 3.56. The molecule has 1 N–H and O–H groups in total. The van der Waals surface area contributed by atoms with Gasteiger partial charge < -0.3 is 5.11 Å². The highest BCUT2D eigenvalue weighted by atomic mass is 35.5. The molecule has 0 bridgehead atoms. The Morgan fingerprint density at radius 3 is 2.15 bits per heavy atom. The molecule has 0 fully saturated rings. The summed E-state index contributed by atoms with van der Waals surface area (Å²) in [7, 11) is 0. The van der Waals surface area contributed by atoms with Crippen LogP contribution in [0.2, 0.25) is 10.0 Å². The summed E-state index contributed by atoms with van der Waals surface area (Å²) in [6.07, 6.45) is 0. The lowest BCUT2D eigenvalue weighted by Crippen LogP contribution is -2.17. The first kappa shape index (κ1) is 10.3. The Kier molecular flexibility index (Phi) is 2.82. The van der Waals surface area contributed by atoms with Crippen LogP contribution in [0.15, 0.2) is 18.2 Å². The van der Waals surface area contributed by atoms with Gasteiger partial charge in [0, 0.05) is 15.6 Å². The molecular formula is C9H7Cl2NO. The van der Waals surface area contributed by atoms with Crippen molar-refractivity contribution >= 4 is 23.2 Å². The van der Waals surface area contributed by atoms with E-state index in [-0.39, 0.29) is 0 Å². The molecule has 1 aromatic rings. The van der Waals surface area contributed by atoms with Gasteiger partial charge in [-0.3, -0.25) is 0 Å². The van der Waals surface area contributed by atoms with E-state index in [1.54, 1.807) is 12.1 Å². The number of aliphatic hydroxyl groups is 1. The molecule has 1 atom stereocenters. The Labute approximate surface area is 86.3 Å². The molecule has 0 aliphatic carbocycles. The zero-order valence-corrected chi connectivity index (χ0v) is 8.39. The van der Waals surface area contributed by atoms with Gasteiger partial charge in [0.2, 0.25) is 0 Å². The molecular weight excluding hydrogens is 209 g/mol. The van der Waals surface area contributed by atoms with Crippen molar-refractivity contribution in [1.82, 2.24) is 0 Å². The average molecular weight is 216 g/mol. The lowest BCUT2D eigenvalue weighted by molar-refractivity contribution is 0.119. The SMILES string of the molecule is CC(O)(C#N)c1cc(Cl)cc(Cl)c1. The number of halogens is 2. The van der Waals surface area contributed by atoms with Gasteiger partial charge in [-0.05, 0) is 25.1 Å². The summed E-state index contributed by atoms with van der Waals surface area (Å²) in [5, 5.41) is 19.0. The van der Waals surface area contributed by atoms with Crippen molar-refractivity contribution in [2.45, 2.75) is 12.5 Å². The van der Waals surface area contributed by atoms with E-state index in [1.807, 2.05) is 0 Å². The maximum absolute atomic E-state index is 9.57. The van der Waals surface area contributed by atoms with Crippen molar-refractivity contribution < 1.29 is 5.11 Å². The van der Waals surface area contributed by atoms with E-state index in [2.05, 4.69) is 0 Å². The van der Waals surface area contributed by atoms with Crippen LogP contribution in [-0.4, -0.2) is 5.11 Å². The number of benzene rings is 1. The van der Waals surface area contributed by atoms with Gasteiger partial charge in [0.25, 0.3) is 0 Å². The van der Waals surface area contributed by atoms with Crippen LogP contribution < -0.4 is 0 Å². The number of nitrogens with zero attached hydrogens (tertiary/aromatic N) is 1. The van der Waals surface area contributed by atoms with Crippen LogP contribution in [0.5, 0.6) is 0 Å². The predicted octanol–water partition coefficient (Wildman–Crippen LogP) is 2.72. The Morgan fingerprint density at radius 1 is 1.31 bits per heavy atom. The van der Waals surface area contributed by atoms with Crippen molar-refractivity contribution in [2.24, 2.45) is 0 Å². The summed E-state index contributed by atoms with van der Waals surface area (Å²) < 4.78 is 0. The molecule has 13 heavy (non-hydrogen) atoms. The molecule has 0 aliphatic heterocycles. The summed E-state index contributed by atoms with van der Waals surface area (Å²) in [6.45, 7) is 1.38. The molecule has 1 unspecified atom stereocenters. The van der Waals surface area contributed by atoms with E-state index in [0.29, 0.717) is 15.6 Å². The topological polar surface area (TPSA) is 44.0 Å². The fourth-order valence-electron chi connectivity index (χ4n) is 0.899. The molecule has 68 valence electrons. The molecule has 0 aliphatic rings. The largest absolute Gasteiger partial charge is 0.372 e. The van der Waals surface area contributed by atoms with Crippen molar-refractivity contribution in [2.75, 3.05) is 0 Å². The highest BCUT2D eigenvalue weighted by Gasteiger charge is 2.22. The lowest BCUT2D eigenvalue weighted by atomic mass is 9.98. The van der Waals surface area contributed by atoms with Crippen LogP contribution in [-0.2, 0) is 5.60 Å². The van der Waals surface area contributed by atoms with Crippen molar-refractivity contribution in [1.29, 1.82) is 5.26 Å². The number of rotatable bonds is 1. The number of hydrogen-bond acceptors (Lipinski definition) is 2. The highest BCUT2D eigenvalue weighted by Crippen LogP contribution is 2.26. The van der Waals surface area contributed by atoms with Crippen molar-refractivity contribution in [3.05, 3.63) is 33.8 Å². The maximum Gasteiger partial charge on any atom is 0.173 e. The minimum atomic E-state index is -1.55. The molecule has 4 heteroatoms. The lowest BCUT2D eigenvalue weighted by Gasteiger charge is -2.14. The van der Waals surface area contributed by atoms with Gasteiger partial charge in [-0.25, -0.2) is 0 Å². The second-order valence-corrected chi connectivity index (χ2v) is 3.72. The minimum absolute atomic E-state index is 0.396. The zero-order valence-electron chi connectivity index (χ0n) is 6.88. The van der Waals surface area contributed by atoms with E-state index < -0.39 is 5.60 Å². The van der Waals surface area contributed by atoms with Gasteiger partial charge >= 0.3 is 0 Å². The Hall–Kier alpha value is -0.750. The molecule has 1 aromatic carbocycles. The van der Waals surface area contributed by atoms with E-state index in [1.165, 1.54) is 19.1 Å². The molecule has 0 heterocycles. The van der Waals surface area contributed by atoms with E-state index >= 15 is 0 Å². The Morgan fingerprint density at radius 2 is 1.77 bits per heavy atom. The second-order valence-electron chi connectivity index (χ2n) is 2.84. The van der Waals surface area contributed by atoms with Crippen molar-refractivity contribution in [3.63, 3.8) is 0 Å². The highest BCUT2D eigenvalue weighted by molar-refractivity contribution is 6.34. The molecule has 0 radical (unpaired) electrons. The van der Waals surface area contributed by atoms with E-state index in [4.69, 9.17) is 28.5 Å². The summed E-state index contributed by atoms with van der Waals surface area (Å²) in [5.74, 6) is 0. The van der Waals surface area contributed by atoms with Crippen LogP contribution in [0, 0.1) is 11.3 Å². The summed E-state index contributed by atoms with van der Waals surface area (Å²) in [5.41, 5.74) is -1.15. The third kappa shape index (κ3) is 2.35. The minimum Gasteiger partial charge on any atom is -0.372 e. The van der Waals surface area contributed by atoms with Crippen LogP contribution >= 0.6 is 23.2 Å². The van der Waals surface area contributed by atoms with Crippen LogP contribution in [0.25, 0.3) is 0 Å². The second kappa shape index (κ2) is 3.55. The summed E-state index contributed by atoms with van der Waals surface area (Å²) in [6, 6.07) is 6.31.